The smallest absolute Gasteiger partial charge is 0.161 e. The van der Waals surface area contributed by atoms with Crippen LogP contribution in [0.2, 0.25) is 0 Å². The van der Waals surface area contributed by atoms with E-state index in [-0.39, 0.29) is 11.5 Å². The Bertz CT molecular complexity index is 1320. The molecule has 0 bridgehead atoms. The number of hydrogen-bond donors (Lipinski definition) is 3. The molecule has 3 aromatic rings. The number of nitrogens with zero attached hydrogens (tertiary/aromatic N) is 3. The third kappa shape index (κ3) is 5.95. The maximum Gasteiger partial charge on any atom is 0.161 e. The van der Waals surface area contributed by atoms with E-state index in [4.69, 9.17) is 14.7 Å². The Kier molecular flexibility index (Phi) is 7.08. The van der Waals surface area contributed by atoms with Crippen LogP contribution in [0.3, 0.4) is 0 Å². The Morgan fingerprint density at radius 3 is 2.61 bits per heavy atom. The number of benzene rings is 2. The molecule has 0 saturated carbocycles. The van der Waals surface area contributed by atoms with Crippen molar-refractivity contribution in [1.29, 1.82) is 0 Å². The molecule has 1 unspecified atom stereocenters. The summed E-state index contributed by atoms with van der Waals surface area (Å²) in [6.07, 6.45) is 0.258. The summed E-state index contributed by atoms with van der Waals surface area (Å²) in [5, 5.41) is 15.7. The van der Waals surface area contributed by atoms with E-state index < -0.39 is 16.1 Å². The Morgan fingerprint density at radius 2 is 1.86 bits per heavy atom. The van der Waals surface area contributed by atoms with E-state index in [1.54, 1.807) is 37.3 Å². The largest absolute Gasteiger partial charge is 0.384 e. The van der Waals surface area contributed by atoms with Crippen molar-refractivity contribution in [2.24, 2.45) is 0 Å². The highest BCUT2D eigenvalue weighted by molar-refractivity contribution is 7.89. The van der Waals surface area contributed by atoms with Crippen molar-refractivity contribution in [3.63, 3.8) is 0 Å². The van der Waals surface area contributed by atoms with E-state index in [2.05, 4.69) is 21.6 Å². The first-order chi connectivity index (χ1) is 17.3. The fraction of sp³-hybridized carbons (Fsp3) is 0.385. The average Bonchev–Trinajstić information content (AvgIpc) is 3.33. The first kappa shape index (κ1) is 24.5. The van der Waals surface area contributed by atoms with E-state index >= 15 is 0 Å². The molecule has 0 aliphatic carbocycles. The standard InChI is InChI=1S/C26H31N5O4S/c1-18(32)28-22-5-2-19(3-6-22)16-36(33,34)17-23-15-25(31-10-12-35-13-11-31)30-26(29-23)21-4-7-24-20(14-21)8-9-27-24/h2-7,14-15,18,27-28,32H,8-13,16-17H2,1H3. The second-order valence-electron chi connectivity index (χ2n) is 9.24. The molecule has 2 aliphatic heterocycles. The predicted octanol–water partition coefficient (Wildman–Crippen LogP) is 2.81. The van der Waals surface area contributed by atoms with Crippen molar-refractivity contribution >= 4 is 27.0 Å². The number of aromatic nitrogens is 2. The van der Waals surface area contributed by atoms with Crippen molar-refractivity contribution in [3.05, 3.63) is 65.4 Å². The van der Waals surface area contributed by atoms with Crippen LogP contribution < -0.4 is 15.5 Å². The van der Waals surface area contributed by atoms with Crippen LogP contribution in [0.4, 0.5) is 17.2 Å². The normalized spacial score (nSPS) is 16.3. The summed E-state index contributed by atoms with van der Waals surface area (Å²) in [6, 6.07) is 14.9. The van der Waals surface area contributed by atoms with Crippen molar-refractivity contribution in [2.45, 2.75) is 31.1 Å². The zero-order chi connectivity index (χ0) is 25.1. The van der Waals surface area contributed by atoms with Crippen LogP contribution in [-0.2, 0) is 32.5 Å². The van der Waals surface area contributed by atoms with E-state index in [0.717, 1.165) is 35.7 Å². The number of hydrogen-bond acceptors (Lipinski definition) is 9. The van der Waals surface area contributed by atoms with Crippen LogP contribution >= 0.6 is 0 Å². The van der Waals surface area contributed by atoms with Crippen molar-refractivity contribution in [1.82, 2.24) is 9.97 Å². The highest BCUT2D eigenvalue weighted by Crippen LogP contribution is 2.29. The molecule has 0 spiro atoms. The number of aliphatic hydroxyl groups excluding tert-OH is 1. The molecule has 3 N–H and O–H groups in total. The first-order valence-corrected chi connectivity index (χ1v) is 14.0. The van der Waals surface area contributed by atoms with Crippen molar-refractivity contribution in [2.75, 3.05) is 48.4 Å². The quantitative estimate of drug-likeness (QED) is 0.394. The monoisotopic (exact) mass is 509 g/mol. The molecule has 2 aliphatic rings. The van der Waals surface area contributed by atoms with Gasteiger partial charge in [0.2, 0.25) is 0 Å². The van der Waals surface area contributed by atoms with Crippen LogP contribution in [0.1, 0.15) is 23.7 Å². The molecule has 1 saturated heterocycles. The SMILES string of the molecule is CC(O)Nc1ccc(CS(=O)(=O)Cc2cc(N3CCOCC3)nc(-c3ccc4c(c3)CCN4)n2)cc1. The number of aliphatic hydroxyl groups is 1. The lowest BCUT2D eigenvalue weighted by Crippen LogP contribution is -2.37. The molecule has 190 valence electrons. The fourth-order valence-corrected chi connectivity index (χ4v) is 5.95. The molecule has 2 aromatic carbocycles. The van der Waals surface area contributed by atoms with E-state index in [1.165, 1.54) is 5.56 Å². The maximum atomic E-state index is 13.2. The molecule has 3 heterocycles. The molecule has 5 rings (SSSR count). The lowest BCUT2D eigenvalue weighted by molar-refractivity contribution is 0.122. The number of ether oxygens (including phenoxy) is 1. The Hall–Kier alpha value is -3.21. The van der Waals surface area contributed by atoms with E-state index in [9.17, 15) is 13.5 Å². The van der Waals surface area contributed by atoms with Gasteiger partial charge in [-0.1, -0.05) is 12.1 Å². The first-order valence-electron chi connectivity index (χ1n) is 12.2. The van der Waals surface area contributed by atoms with E-state index in [1.807, 2.05) is 12.1 Å². The zero-order valence-corrected chi connectivity index (χ0v) is 21.1. The minimum atomic E-state index is -3.49. The topological polar surface area (TPSA) is 117 Å². The molecule has 1 fully saturated rings. The molecule has 10 heteroatoms. The summed E-state index contributed by atoms with van der Waals surface area (Å²) in [6.45, 7) is 5.15. The predicted molar refractivity (Wildman–Crippen MR) is 141 cm³/mol. The number of sulfone groups is 1. The van der Waals surface area contributed by atoms with Crippen LogP contribution in [0, 0.1) is 0 Å². The van der Waals surface area contributed by atoms with Gasteiger partial charge in [-0.15, -0.1) is 0 Å². The van der Waals surface area contributed by atoms with Crippen LogP contribution in [0.25, 0.3) is 11.4 Å². The minimum Gasteiger partial charge on any atom is -0.384 e. The summed E-state index contributed by atoms with van der Waals surface area (Å²) < 4.78 is 31.8. The van der Waals surface area contributed by atoms with Crippen LogP contribution in [0.15, 0.2) is 48.5 Å². The van der Waals surface area contributed by atoms with Gasteiger partial charge >= 0.3 is 0 Å². The number of anilines is 3. The zero-order valence-electron chi connectivity index (χ0n) is 20.3. The molecule has 0 amide bonds. The van der Waals surface area contributed by atoms with Gasteiger partial charge in [0.1, 0.15) is 12.0 Å². The second kappa shape index (κ2) is 10.4. The number of fused-ring (bicyclic) bond motifs is 1. The Morgan fingerprint density at radius 1 is 1.08 bits per heavy atom. The third-order valence-corrected chi connectivity index (χ3v) is 7.77. The van der Waals surface area contributed by atoms with Gasteiger partial charge in [-0.3, -0.25) is 0 Å². The van der Waals surface area contributed by atoms with Crippen molar-refractivity contribution < 1.29 is 18.3 Å². The summed E-state index contributed by atoms with van der Waals surface area (Å²) in [4.78, 5) is 11.6. The number of morpholine rings is 1. The summed E-state index contributed by atoms with van der Waals surface area (Å²) >= 11 is 0. The lowest BCUT2D eigenvalue weighted by atomic mass is 10.1. The van der Waals surface area contributed by atoms with Gasteiger partial charge in [0.15, 0.2) is 15.7 Å². The summed E-state index contributed by atoms with van der Waals surface area (Å²) in [7, 11) is -3.49. The lowest BCUT2D eigenvalue weighted by Gasteiger charge is -2.28. The summed E-state index contributed by atoms with van der Waals surface area (Å²) in [5.41, 5.74) is 5.11. The highest BCUT2D eigenvalue weighted by Gasteiger charge is 2.21. The molecule has 9 nitrogen and oxygen atoms in total. The van der Waals surface area contributed by atoms with Gasteiger partial charge in [0.25, 0.3) is 0 Å². The van der Waals surface area contributed by atoms with Crippen LogP contribution in [0.5, 0.6) is 0 Å². The molecular formula is C26H31N5O4S. The van der Waals surface area contributed by atoms with Gasteiger partial charge in [-0.25, -0.2) is 18.4 Å². The molecule has 1 atom stereocenters. The van der Waals surface area contributed by atoms with E-state index in [0.29, 0.717) is 43.4 Å². The molecular weight excluding hydrogens is 478 g/mol. The van der Waals surface area contributed by atoms with Gasteiger partial charge in [-0.2, -0.15) is 0 Å². The highest BCUT2D eigenvalue weighted by atomic mass is 32.2. The number of rotatable bonds is 8. The Labute approximate surface area is 211 Å². The average molecular weight is 510 g/mol. The van der Waals surface area contributed by atoms with Crippen LogP contribution in [-0.4, -0.2) is 62.6 Å². The summed E-state index contributed by atoms with van der Waals surface area (Å²) in [5.74, 6) is 0.978. The van der Waals surface area contributed by atoms with Gasteiger partial charge in [0.05, 0.1) is 30.4 Å². The third-order valence-electron chi connectivity index (χ3n) is 6.26. The maximum absolute atomic E-state index is 13.2. The number of nitrogens with one attached hydrogen (secondary N) is 2. The van der Waals surface area contributed by atoms with Gasteiger partial charge in [-0.05, 0) is 54.8 Å². The minimum absolute atomic E-state index is 0.0985. The molecule has 0 radical (unpaired) electrons. The van der Waals surface area contributed by atoms with Gasteiger partial charge < -0.3 is 25.4 Å². The van der Waals surface area contributed by atoms with Gasteiger partial charge in [0, 0.05) is 42.6 Å². The molecule has 36 heavy (non-hydrogen) atoms. The Balaban J connectivity index is 1.41. The second-order valence-corrected chi connectivity index (χ2v) is 11.3. The fourth-order valence-electron chi connectivity index (χ4n) is 4.55. The molecule has 1 aromatic heterocycles. The van der Waals surface area contributed by atoms with Crippen molar-refractivity contribution in [3.8, 4) is 11.4 Å².